The molecule has 0 amide bonds. The van der Waals surface area contributed by atoms with Crippen molar-refractivity contribution in [2.24, 2.45) is 11.3 Å². The van der Waals surface area contributed by atoms with Gasteiger partial charge in [0.15, 0.2) is 5.78 Å². The zero-order valence-corrected chi connectivity index (χ0v) is 9.39. The lowest BCUT2D eigenvalue weighted by atomic mass is 9.54. The van der Waals surface area contributed by atoms with E-state index in [1.165, 1.54) is 5.57 Å². The Morgan fingerprint density at radius 3 is 2.64 bits per heavy atom. The van der Waals surface area contributed by atoms with E-state index >= 15 is 0 Å². The highest BCUT2D eigenvalue weighted by atomic mass is 16.5. The first kappa shape index (κ1) is 9.91. The summed E-state index contributed by atoms with van der Waals surface area (Å²) in [6, 6.07) is 0. The molecule has 0 aromatic rings. The molecule has 0 aliphatic heterocycles. The first-order valence-corrected chi connectivity index (χ1v) is 5.26. The van der Waals surface area contributed by atoms with Crippen LogP contribution in [0.1, 0.15) is 33.6 Å². The average Bonchev–Trinajstić information content (AvgIpc) is 2.18. The van der Waals surface area contributed by atoms with Gasteiger partial charge in [-0.2, -0.15) is 0 Å². The van der Waals surface area contributed by atoms with Crippen molar-refractivity contribution >= 4 is 5.78 Å². The second-order valence-electron chi connectivity index (χ2n) is 4.92. The standard InChI is InChI=1S/C12H18O2/c1-8-7-12(14-4)6-5-11(8,3)9(2)10(12)13/h7,9H,5-6H2,1-4H3/t9-,11-,12-/m1/s1. The quantitative estimate of drug-likeness (QED) is 0.599. The van der Waals surface area contributed by atoms with Crippen molar-refractivity contribution in [1.29, 1.82) is 0 Å². The summed E-state index contributed by atoms with van der Waals surface area (Å²) in [5, 5.41) is 0. The predicted octanol–water partition coefficient (Wildman–Crippen LogP) is 2.34. The summed E-state index contributed by atoms with van der Waals surface area (Å²) in [5.74, 6) is 0.362. The second kappa shape index (κ2) is 2.69. The van der Waals surface area contributed by atoms with Crippen LogP contribution in [0.25, 0.3) is 0 Å². The van der Waals surface area contributed by atoms with Crippen molar-refractivity contribution in [2.45, 2.75) is 39.2 Å². The van der Waals surface area contributed by atoms with Crippen molar-refractivity contribution < 1.29 is 9.53 Å². The Morgan fingerprint density at radius 2 is 2.14 bits per heavy atom. The Hall–Kier alpha value is -0.630. The summed E-state index contributed by atoms with van der Waals surface area (Å²) in [7, 11) is 1.64. The van der Waals surface area contributed by atoms with Crippen molar-refractivity contribution in [3.05, 3.63) is 11.6 Å². The molecule has 78 valence electrons. The summed E-state index contributed by atoms with van der Waals surface area (Å²) < 4.78 is 5.44. The smallest absolute Gasteiger partial charge is 0.172 e. The van der Waals surface area contributed by atoms with Crippen LogP contribution in [0.3, 0.4) is 0 Å². The number of ether oxygens (including phenoxy) is 1. The second-order valence-corrected chi connectivity index (χ2v) is 4.92. The van der Waals surface area contributed by atoms with Crippen molar-refractivity contribution in [3.8, 4) is 0 Å². The highest BCUT2D eigenvalue weighted by Gasteiger charge is 2.55. The number of allylic oxidation sites excluding steroid dienone is 1. The molecule has 3 aliphatic rings. The molecule has 0 unspecified atom stereocenters. The van der Waals surface area contributed by atoms with E-state index in [1.807, 2.05) is 13.0 Å². The molecular formula is C12H18O2. The molecule has 0 saturated heterocycles. The van der Waals surface area contributed by atoms with E-state index in [2.05, 4.69) is 13.8 Å². The van der Waals surface area contributed by atoms with E-state index in [1.54, 1.807) is 7.11 Å². The molecule has 1 saturated carbocycles. The number of hydrogen-bond donors (Lipinski definition) is 0. The summed E-state index contributed by atoms with van der Waals surface area (Å²) in [4.78, 5) is 12.1. The Labute approximate surface area is 85.3 Å². The molecule has 14 heavy (non-hydrogen) atoms. The molecule has 0 heterocycles. The third kappa shape index (κ3) is 0.924. The third-order valence-corrected chi connectivity index (χ3v) is 4.50. The van der Waals surface area contributed by atoms with Gasteiger partial charge in [0.1, 0.15) is 5.60 Å². The van der Waals surface area contributed by atoms with Gasteiger partial charge in [0.05, 0.1) is 0 Å². The average molecular weight is 194 g/mol. The number of Topliss-reactive ketones (excluding diaryl/α,β-unsaturated/α-hetero) is 1. The number of ketones is 1. The van der Waals surface area contributed by atoms with Crippen LogP contribution in [0.2, 0.25) is 0 Å². The highest BCUT2D eigenvalue weighted by Crippen LogP contribution is 2.53. The van der Waals surface area contributed by atoms with Gasteiger partial charge in [-0.3, -0.25) is 4.79 Å². The normalized spacial score (nSPS) is 46.7. The fraction of sp³-hybridized carbons (Fsp3) is 0.750. The van der Waals surface area contributed by atoms with Crippen LogP contribution < -0.4 is 0 Å². The minimum absolute atomic E-state index is 0.0807. The SMILES string of the molecule is CO[C@@]12C=C(C)[C@@](C)(CC1)[C@H](C)C2=O. The van der Waals surface area contributed by atoms with E-state index < -0.39 is 5.60 Å². The molecule has 2 nitrogen and oxygen atoms in total. The monoisotopic (exact) mass is 194 g/mol. The van der Waals surface area contributed by atoms with E-state index in [0.29, 0.717) is 0 Å². The molecule has 3 atom stereocenters. The van der Waals surface area contributed by atoms with Gasteiger partial charge in [-0.05, 0) is 31.3 Å². The highest BCUT2D eigenvalue weighted by molar-refractivity contribution is 5.94. The first-order valence-electron chi connectivity index (χ1n) is 5.26. The lowest BCUT2D eigenvalue weighted by Crippen LogP contribution is -2.56. The number of carbonyl (C=O) groups is 1. The van der Waals surface area contributed by atoms with Crippen molar-refractivity contribution in [2.75, 3.05) is 7.11 Å². The predicted molar refractivity (Wildman–Crippen MR) is 55.0 cm³/mol. The lowest BCUT2D eigenvalue weighted by molar-refractivity contribution is -0.152. The molecule has 2 bridgehead atoms. The van der Waals surface area contributed by atoms with Crippen LogP contribution in [-0.4, -0.2) is 18.5 Å². The molecule has 2 heteroatoms. The van der Waals surface area contributed by atoms with Crippen LogP contribution in [0.5, 0.6) is 0 Å². The van der Waals surface area contributed by atoms with Crippen LogP contribution in [0, 0.1) is 11.3 Å². The number of methoxy groups -OCH3 is 1. The van der Waals surface area contributed by atoms with Gasteiger partial charge in [0, 0.05) is 13.0 Å². The maximum atomic E-state index is 12.1. The van der Waals surface area contributed by atoms with Gasteiger partial charge in [-0.25, -0.2) is 0 Å². The molecule has 0 radical (unpaired) electrons. The Kier molecular flexibility index (Phi) is 1.91. The summed E-state index contributed by atoms with van der Waals surface area (Å²) in [5.41, 5.74) is 0.802. The van der Waals surface area contributed by atoms with E-state index in [-0.39, 0.29) is 17.1 Å². The van der Waals surface area contributed by atoms with Gasteiger partial charge in [0.2, 0.25) is 0 Å². The molecular weight excluding hydrogens is 176 g/mol. The minimum atomic E-state index is -0.596. The van der Waals surface area contributed by atoms with Crippen LogP contribution >= 0.6 is 0 Å². The van der Waals surface area contributed by atoms with E-state index in [0.717, 1.165) is 12.8 Å². The largest absolute Gasteiger partial charge is 0.366 e. The molecule has 0 spiro atoms. The zero-order chi connectivity index (χ0) is 10.6. The summed E-state index contributed by atoms with van der Waals surface area (Å²) in [6.45, 7) is 6.35. The van der Waals surface area contributed by atoms with Crippen LogP contribution in [0.15, 0.2) is 11.6 Å². The molecule has 3 rings (SSSR count). The topological polar surface area (TPSA) is 26.3 Å². The Balaban J connectivity index is 2.55. The van der Waals surface area contributed by atoms with E-state index in [4.69, 9.17) is 4.74 Å². The van der Waals surface area contributed by atoms with Crippen LogP contribution in [0.4, 0.5) is 0 Å². The maximum absolute atomic E-state index is 12.1. The van der Waals surface area contributed by atoms with Crippen molar-refractivity contribution in [3.63, 3.8) is 0 Å². The van der Waals surface area contributed by atoms with Gasteiger partial charge in [-0.1, -0.05) is 19.4 Å². The Bertz CT molecular complexity index is 318. The molecule has 3 aliphatic carbocycles. The number of rotatable bonds is 1. The lowest BCUT2D eigenvalue weighted by Gasteiger charge is -2.52. The van der Waals surface area contributed by atoms with Gasteiger partial charge in [-0.15, -0.1) is 0 Å². The third-order valence-electron chi connectivity index (χ3n) is 4.50. The summed E-state index contributed by atoms with van der Waals surface area (Å²) in [6.07, 6.45) is 3.95. The number of hydrogen-bond acceptors (Lipinski definition) is 2. The summed E-state index contributed by atoms with van der Waals surface area (Å²) >= 11 is 0. The zero-order valence-electron chi connectivity index (χ0n) is 9.39. The van der Waals surface area contributed by atoms with E-state index in [9.17, 15) is 4.79 Å². The Morgan fingerprint density at radius 1 is 1.50 bits per heavy atom. The minimum Gasteiger partial charge on any atom is -0.366 e. The first-order chi connectivity index (χ1) is 6.46. The van der Waals surface area contributed by atoms with Gasteiger partial charge < -0.3 is 4.74 Å². The number of carbonyl (C=O) groups excluding carboxylic acids is 1. The van der Waals surface area contributed by atoms with Gasteiger partial charge >= 0.3 is 0 Å². The molecule has 1 fully saturated rings. The fourth-order valence-electron chi connectivity index (χ4n) is 2.90. The van der Waals surface area contributed by atoms with Gasteiger partial charge in [0.25, 0.3) is 0 Å². The molecule has 0 aromatic carbocycles. The van der Waals surface area contributed by atoms with Crippen molar-refractivity contribution in [1.82, 2.24) is 0 Å². The fourth-order valence-corrected chi connectivity index (χ4v) is 2.90. The molecule has 0 aromatic heterocycles. The maximum Gasteiger partial charge on any atom is 0.172 e. The molecule has 0 N–H and O–H groups in total. The van der Waals surface area contributed by atoms with Crippen LogP contribution in [-0.2, 0) is 9.53 Å². The number of fused-ring (bicyclic) bond motifs is 2.